The number of ether oxygens (including phenoxy) is 3. The molecule has 1 heterocycles. The Morgan fingerprint density at radius 1 is 1.21 bits per heavy atom. The van der Waals surface area contributed by atoms with Gasteiger partial charge in [-0.05, 0) is 51.3 Å². The van der Waals surface area contributed by atoms with Gasteiger partial charge in [0.2, 0.25) is 0 Å². The van der Waals surface area contributed by atoms with E-state index in [4.69, 9.17) is 14.2 Å². The van der Waals surface area contributed by atoms with Gasteiger partial charge in [-0.1, -0.05) is 49.5 Å². The van der Waals surface area contributed by atoms with Gasteiger partial charge in [0.15, 0.2) is 5.79 Å². The maximum atomic E-state index is 12.8. The molecule has 1 N–H and O–H groups in total. The molecule has 0 aromatic heterocycles. The van der Waals surface area contributed by atoms with Crippen LogP contribution in [0.15, 0.2) is 18.2 Å². The van der Waals surface area contributed by atoms with Crippen LogP contribution in [-0.4, -0.2) is 50.4 Å². The van der Waals surface area contributed by atoms with Crippen LogP contribution in [0.5, 0.6) is 0 Å². The van der Waals surface area contributed by atoms with Crippen molar-refractivity contribution in [2.45, 2.75) is 77.8 Å². The summed E-state index contributed by atoms with van der Waals surface area (Å²) in [5.74, 6) is -0.966. The van der Waals surface area contributed by atoms with Crippen LogP contribution in [0, 0.1) is 13.8 Å². The van der Waals surface area contributed by atoms with Crippen molar-refractivity contribution in [3.8, 4) is 0 Å². The van der Waals surface area contributed by atoms with E-state index in [1.165, 1.54) is 0 Å². The van der Waals surface area contributed by atoms with Crippen molar-refractivity contribution in [1.29, 1.82) is 0 Å². The third-order valence-corrected chi connectivity index (χ3v) is 6.63. The van der Waals surface area contributed by atoms with Gasteiger partial charge in [-0.15, -0.1) is 0 Å². The maximum Gasteiger partial charge on any atom is 0.338 e. The molecule has 2 atom stereocenters. The fourth-order valence-electron chi connectivity index (χ4n) is 3.53. The average molecular weight is 421 g/mol. The van der Waals surface area contributed by atoms with Crippen LogP contribution < -0.4 is 0 Å². The van der Waals surface area contributed by atoms with Crippen LogP contribution in [0.4, 0.5) is 0 Å². The topological polar surface area (TPSA) is 65.0 Å². The summed E-state index contributed by atoms with van der Waals surface area (Å²) in [5.41, 5.74) is 3.47. The maximum absolute atomic E-state index is 12.8. The smallest absolute Gasteiger partial charge is 0.338 e. The Morgan fingerprint density at radius 2 is 1.86 bits per heavy atom. The van der Waals surface area contributed by atoms with Gasteiger partial charge in [0.1, 0.15) is 6.10 Å². The second-order valence-corrected chi connectivity index (χ2v) is 15.1. The molecule has 0 bridgehead atoms. The molecule has 1 aliphatic rings. The number of benzene rings is 1. The Labute approximate surface area is 176 Å². The van der Waals surface area contributed by atoms with Crippen LogP contribution >= 0.6 is 0 Å². The third kappa shape index (κ3) is 7.06. The van der Waals surface area contributed by atoms with E-state index < -0.39 is 13.9 Å². The third-order valence-electron chi connectivity index (χ3n) is 4.93. The number of carbonyl (C=O) groups excluding carboxylic acids is 1. The van der Waals surface area contributed by atoms with Crippen LogP contribution in [0.25, 0.3) is 6.08 Å². The minimum absolute atomic E-state index is 0.0832. The first-order chi connectivity index (χ1) is 13.4. The zero-order chi connectivity index (χ0) is 21.8. The summed E-state index contributed by atoms with van der Waals surface area (Å²) < 4.78 is 17.2. The second kappa shape index (κ2) is 9.56. The molecule has 1 aromatic rings. The molecule has 1 saturated heterocycles. The predicted octanol–water partition coefficient (Wildman–Crippen LogP) is 4.71. The zero-order valence-corrected chi connectivity index (χ0v) is 19.9. The molecular weight excluding hydrogens is 384 g/mol. The monoisotopic (exact) mass is 420 g/mol. The summed E-state index contributed by atoms with van der Waals surface area (Å²) >= 11 is 0. The number of aliphatic hydroxyl groups excluding tert-OH is 1. The molecule has 0 radical (unpaired) electrons. The van der Waals surface area contributed by atoms with Crippen LogP contribution in [0.1, 0.15) is 47.3 Å². The van der Waals surface area contributed by atoms with Crippen molar-refractivity contribution >= 4 is 20.1 Å². The molecule has 0 amide bonds. The average Bonchev–Trinajstić information content (AvgIpc) is 2.87. The highest BCUT2D eigenvalue weighted by atomic mass is 28.3. The number of aryl methyl sites for hydroxylation is 2. The van der Waals surface area contributed by atoms with Crippen molar-refractivity contribution < 1.29 is 24.1 Å². The number of esters is 1. The van der Waals surface area contributed by atoms with Gasteiger partial charge < -0.3 is 19.3 Å². The number of hydrogen-bond donors (Lipinski definition) is 1. The normalized spacial score (nSPS) is 21.7. The van der Waals surface area contributed by atoms with E-state index in [0.717, 1.165) is 22.7 Å². The molecule has 29 heavy (non-hydrogen) atoms. The van der Waals surface area contributed by atoms with E-state index in [9.17, 15) is 9.90 Å². The molecule has 0 spiro atoms. The number of rotatable bonds is 8. The molecule has 162 valence electrons. The molecular formula is C23H36O5Si. The fraction of sp³-hybridized carbons (Fsp3) is 0.609. The molecule has 1 aliphatic heterocycles. The minimum Gasteiger partial charge on any atom is -0.462 e. The molecule has 6 heteroatoms. The molecule has 1 unspecified atom stereocenters. The van der Waals surface area contributed by atoms with Gasteiger partial charge in [-0.2, -0.15) is 0 Å². The van der Waals surface area contributed by atoms with Crippen LogP contribution in [0.3, 0.4) is 0 Å². The van der Waals surface area contributed by atoms with E-state index in [1.54, 1.807) is 0 Å². The van der Waals surface area contributed by atoms with Gasteiger partial charge in [0.05, 0.1) is 24.9 Å². The summed E-state index contributed by atoms with van der Waals surface area (Å²) in [6.07, 6.45) is 3.94. The molecule has 2 rings (SSSR count). The lowest BCUT2D eigenvalue weighted by Crippen LogP contribution is -2.25. The quantitative estimate of drug-likeness (QED) is 0.487. The van der Waals surface area contributed by atoms with Crippen molar-refractivity contribution in [3.63, 3.8) is 0 Å². The lowest BCUT2D eigenvalue weighted by molar-refractivity contribution is -0.148. The van der Waals surface area contributed by atoms with Crippen molar-refractivity contribution in [3.05, 3.63) is 40.5 Å². The van der Waals surface area contributed by atoms with E-state index in [-0.39, 0.29) is 24.8 Å². The van der Waals surface area contributed by atoms with Gasteiger partial charge in [0.25, 0.3) is 0 Å². The fourth-order valence-corrected chi connectivity index (χ4v) is 4.24. The zero-order valence-electron chi connectivity index (χ0n) is 18.9. The number of carbonyl (C=O) groups is 1. The van der Waals surface area contributed by atoms with E-state index in [0.29, 0.717) is 18.6 Å². The second-order valence-electron chi connectivity index (χ2n) is 9.53. The van der Waals surface area contributed by atoms with E-state index >= 15 is 0 Å². The molecule has 0 saturated carbocycles. The van der Waals surface area contributed by atoms with Gasteiger partial charge in [0, 0.05) is 8.07 Å². The van der Waals surface area contributed by atoms with Crippen molar-refractivity contribution in [1.82, 2.24) is 0 Å². The Kier molecular flexibility index (Phi) is 7.84. The minimum atomic E-state index is -1.26. The lowest BCUT2D eigenvalue weighted by Gasteiger charge is -2.17. The highest BCUT2D eigenvalue weighted by Gasteiger charge is 2.40. The Balaban J connectivity index is 2.13. The SMILES string of the molecule is Cc1cc(C)c(C(=O)OCC[Si](C)(C)C)c(/C=C/C[C@@H]2OC(C)(C)OC2CO)c1. The largest absolute Gasteiger partial charge is 0.462 e. The summed E-state index contributed by atoms with van der Waals surface area (Å²) in [7, 11) is -1.26. The highest BCUT2D eigenvalue weighted by Crippen LogP contribution is 2.30. The van der Waals surface area contributed by atoms with Crippen LogP contribution in [-0.2, 0) is 14.2 Å². The summed E-state index contributed by atoms with van der Waals surface area (Å²) in [6.45, 7) is 14.8. The molecule has 0 aliphatic carbocycles. The highest BCUT2D eigenvalue weighted by molar-refractivity contribution is 6.76. The first-order valence-electron chi connectivity index (χ1n) is 10.3. The Morgan fingerprint density at radius 3 is 2.48 bits per heavy atom. The summed E-state index contributed by atoms with van der Waals surface area (Å²) in [5, 5.41) is 9.53. The molecule has 1 aromatic carbocycles. The van der Waals surface area contributed by atoms with Crippen molar-refractivity contribution in [2.75, 3.05) is 13.2 Å². The Bertz CT molecular complexity index is 748. The first kappa shape index (κ1) is 23.8. The standard InChI is InChI=1S/C23H36O5Si/c1-16-13-17(2)21(22(25)26-11-12-29(5,6)7)18(14-16)9-8-10-19-20(15-24)28-23(3,4)27-19/h8-9,13-14,19-20,24H,10-12,15H2,1-7H3/b9-8+/t19-,20?/m0/s1. The number of aliphatic hydroxyl groups is 1. The molecule has 1 fully saturated rings. The first-order valence-corrected chi connectivity index (χ1v) is 14.0. The Hall–Kier alpha value is -1.47. The van der Waals surface area contributed by atoms with E-state index in [2.05, 4.69) is 19.6 Å². The number of hydrogen-bond acceptors (Lipinski definition) is 5. The van der Waals surface area contributed by atoms with Gasteiger partial charge >= 0.3 is 5.97 Å². The van der Waals surface area contributed by atoms with Crippen molar-refractivity contribution in [2.24, 2.45) is 0 Å². The van der Waals surface area contributed by atoms with Gasteiger partial charge in [-0.25, -0.2) is 4.79 Å². The summed E-state index contributed by atoms with van der Waals surface area (Å²) in [6, 6.07) is 4.95. The molecule has 5 nitrogen and oxygen atoms in total. The predicted molar refractivity (Wildman–Crippen MR) is 119 cm³/mol. The van der Waals surface area contributed by atoms with E-state index in [1.807, 2.05) is 52.0 Å². The lowest BCUT2D eigenvalue weighted by atomic mass is 9.98. The van der Waals surface area contributed by atoms with Crippen LogP contribution in [0.2, 0.25) is 25.7 Å². The van der Waals surface area contributed by atoms with Gasteiger partial charge in [-0.3, -0.25) is 0 Å². The summed E-state index contributed by atoms with van der Waals surface area (Å²) in [4.78, 5) is 12.8.